The van der Waals surface area contributed by atoms with Crippen molar-refractivity contribution in [2.24, 2.45) is 0 Å². The Morgan fingerprint density at radius 3 is 2.80 bits per heavy atom. The van der Waals surface area contributed by atoms with Gasteiger partial charge >= 0.3 is 0 Å². The fourth-order valence-corrected chi connectivity index (χ4v) is 2.10. The summed E-state index contributed by atoms with van der Waals surface area (Å²) < 4.78 is 5.06. The minimum atomic E-state index is -0.256. The van der Waals surface area contributed by atoms with Gasteiger partial charge in [0.05, 0.1) is 6.61 Å². The average molecular weight is 291 g/mol. The summed E-state index contributed by atoms with van der Waals surface area (Å²) in [7, 11) is 1.62. The maximum atomic E-state index is 12.1. The third-order valence-electron chi connectivity index (χ3n) is 2.68. The molecule has 2 aromatic carbocycles. The Morgan fingerprint density at radius 1 is 1.30 bits per heavy atom. The lowest BCUT2D eigenvalue weighted by Gasteiger charge is -2.08. The number of halogens is 1. The van der Waals surface area contributed by atoms with E-state index in [4.69, 9.17) is 22.1 Å². The van der Waals surface area contributed by atoms with Crippen LogP contribution in [-0.4, -0.2) is 13.0 Å². The summed E-state index contributed by atoms with van der Waals surface area (Å²) in [5, 5.41) is 3.24. The quantitative estimate of drug-likeness (QED) is 0.849. The molecule has 0 atom stereocenters. The fraction of sp³-hybridized carbons (Fsp3) is 0.133. The molecule has 0 aliphatic rings. The van der Waals surface area contributed by atoms with E-state index in [1.165, 1.54) is 0 Å². The van der Waals surface area contributed by atoms with Crippen LogP contribution >= 0.6 is 11.6 Å². The molecule has 0 bridgehead atoms. The summed E-state index contributed by atoms with van der Waals surface area (Å²) in [6.07, 6.45) is 0. The van der Waals surface area contributed by atoms with Crippen LogP contribution in [0, 0.1) is 0 Å². The van der Waals surface area contributed by atoms with Gasteiger partial charge in [0.15, 0.2) is 0 Å². The molecule has 0 radical (unpaired) electrons. The van der Waals surface area contributed by atoms with Crippen LogP contribution in [0.25, 0.3) is 0 Å². The second-order valence-corrected chi connectivity index (χ2v) is 4.80. The summed E-state index contributed by atoms with van der Waals surface area (Å²) in [5.41, 5.74) is 8.23. The molecule has 0 saturated heterocycles. The molecule has 1 amide bonds. The number of nitrogens with two attached hydrogens (primary N) is 1. The Balaban J connectivity index is 2.16. The summed E-state index contributed by atoms with van der Waals surface area (Å²) >= 11 is 5.89. The van der Waals surface area contributed by atoms with Gasteiger partial charge in [-0.25, -0.2) is 0 Å². The highest BCUT2D eigenvalue weighted by Gasteiger charge is 2.08. The number of methoxy groups -OCH3 is 1. The predicted octanol–water partition coefficient (Wildman–Crippen LogP) is 3.32. The molecular formula is C15H15ClN2O2. The van der Waals surface area contributed by atoms with Crippen molar-refractivity contribution in [3.8, 4) is 0 Å². The van der Waals surface area contributed by atoms with Gasteiger partial charge in [0.2, 0.25) is 0 Å². The van der Waals surface area contributed by atoms with Gasteiger partial charge in [0, 0.05) is 29.1 Å². The van der Waals surface area contributed by atoms with E-state index in [0.29, 0.717) is 28.6 Å². The average Bonchev–Trinajstić information content (AvgIpc) is 2.38. The lowest BCUT2D eigenvalue weighted by molar-refractivity contribution is 0.102. The van der Waals surface area contributed by atoms with Gasteiger partial charge in [-0.3, -0.25) is 4.79 Å². The van der Waals surface area contributed by atoms with E-state index in [9.17, 15) is 4.79 Å². The zero-order valence-electron chi connectivity index (χ0n) is 11.0. The molecule has 0 aliphatic heterocycles. The van der Waals surface area contributed by atoms with Crippen molar-refractivity contribution in [1.29, 1.82) is 0 Å². The number of hydrogen-bond donors (Lipinski definition) is 2. The first kappa shape index (κ1) is 14.4. The Morgan fingerprint density at radius 2 is 2.10 bits per heavy atom. The molecule has 3 N–H and O–H groups in total. The van der Waals surface area contributed by atoms with Gasteiger partial charge < -0.3 is 15.8 Å². The van der Waals surface area contributed by atoms with Crippen molar-refractivity contribution in [2.75, 3.05) is 18.2 Å². The molecule has 0 spiro atoms. The molecule has 0 unspecified atom stereocenters. The van der Waals surface area contributed by atoms with Crippen molar-refractivity contribution in [3.63, 3.8) is 0 Å². The Hall–Kier alpha value is -2.04. The predicted molar refractivity (Wildman–Crippen MR) is 81.0 cm³/mol. The molecular weight excluding hydrogens is 276 g/mol. The smallest absolute Gasteiger partial charge is 0.255 e. The highest BCUT2D eigenvalue weighted by Crippen LogP contribution is 2.18. The Bertz CT molecular complexity index is 609. The van der Waals surface area contributed by atoms with E-state index >= 15 is 0 Å². The van der Waals surface area contributed by atoms with E-state index < -0.39 is 0 Å². The van der Waals surface area contributed by atoms with Crippen LogP contribution in [0.1, 0.15) is 15.9 Å². The molecule has 0 fully saturated rings. The maximum absolute atomic E-state index is 12.1. The standard InChI is InChI=1S/C15H15ClN2O2/c1-20-9-10-3-2-4-14(5-10)18-15(19)11-6-12(16)8-13(17)7-11/h2-8H,9,17H2,1H3,(H,18,19). The van der Waals surface area contributed by atoms with Gasteiger partial charge in [-0.2, -0.15) is 0 Å². The molecule has 2 rings (SSSR count). The maximum Gasteiger partial charge on any atom is 0.255 e. The van der Waals surface area contributed by atoms with Crippen molar-refractivity contribution < 1.29 is 9.53 Å². The van der Waals surface area contributed by atoms with Crippen LogP contribution in [0.2, 0.25) is 5.02 Å². The number of carbonyl (C=O) groups excluding carboxylic acids is 1. The van der Waals surface area contributed by atoms with Crippen LogP contribution in [0.15, 0.2) is 42.5 Å². The SMILES string of the molecule is COCc1cccc(NC(=O)c2cc(N)cc(Cl)c2)c1. The second-order valence-electron chi connectivity index (χ2n) is 4.36. The summed E-state index contributed by atoms with van der Waals surface area (Å²) in [6, 6.07) is 12.2. The zero-order valence-corrected chi connectivity index (χ0v) is 11.8. The van der Waals surface area contributed by atoms with Gasteiger partial charge in [0.1, 0.15) is 0 Å². The largest absolute Gasteiger partial charge is 0.399 e. The number of ether oxygens (including phenoxy) is 1. The molecule has 4 nitrogen and oxygen atoms in total. The van der Waals surface area contributed by atoms with Crippen LogP contribution in [0.4, 0.5) is 11.4 Å². The number of anilines is 2. The number of amides is 1. The summed E-state index contributed by atoms with van der Waals surface area (Å²) in [4.78, 5) is 12.1. The molecule has 0 heterocycles. The highest BCUT2D eigenvalue weighted by atomic mass is 35.5. The summed E-state index contributed by atoms with van der Waals surface area (Å²) in [6.45, 7) is 0.494. The van der Waals surface area contributed by atoms with Crippen molar-refractivity contribution in [1.82, 2.24) is 0 Å². The third-order valence-corrected chi connectivity index (χ3v) is 2.90. The van der Waals surface area contributed by atoms with Crippen LogP contribution in [0.3, 0.4) is 0 Å². The highest BCUT2D eigenvalue weighted by molar-refractivity contribution is 6.31. The topological polar surface area (TPSA) is 64.3 Å². The van der Waals surface area contributed by atoms with Crippen LogP contribution in [0.5, 0.6) is 0 Å². The number of hydrogen-bond acceptors (Lipinski definition) is 3. The molecule has 0 aromatic heterocycles. The van der Waals surface area contributed by atoms with Gasteiger partial charge in [0.25, 0.3) is 5.91 Å². The number of carbonyl (C=O) groups is 1. The molecule has 0 saturated carbocycles. The number of benzene rings is 2. The molecule has 104 valence electrons. The van der Waals surface area contributed by atoms with Crippen LogP contribution in [-0.2, 0) is 11.3 Å². The lowest BCUT2D eigenvalue weighted by atomic mass is 10.1. The van der Waals surface area contributed by atoms with E-state index in [1.54, 1.807) is 25.3 Å². The molecule has 0 aliphatic carbocycles. The second kappa shape index (κ2) is 6.41. The minimum Gasteiger partial charge on any atom is -0.399 e. The van der Waals surface area contributed by atoms with Crippen LogP contribution < -0.4 is 11.1 Å². The molecule has 20 heavy (non-hydrogen) atoms. The number of nitrogens with one attached hydrogen (secondary N) is 1. The van der Waals surface area contributed by atoms with Crippen molar-refractivity contribution >= 4 is 28.9 Å². The minimum absolute atomic E-state index is 0.256. The fourth-order valence-electron chi connectivity index (χ4n) is 1.85. The lowest BCUT2D eigenvalue weighted by Crippen LogP contribution is -2.12. The first-order valence-corrected chi connectivity index (χ1v) is 6.41. The van der Waals surface area contributed by atoms with Gasteiger partial charge in [-0.15, -0.1) is 0 Å². The molecule has 5 heteroatoms. The third kappa shape index (κ3) is 3.73. The van der Waals surface area contributed by atoms with Gasteiger partial charge in [-0.05, 0) is 35.9 Å². The Kier molecular flexibility index (Phi) is 4.61. The first-order valence-electron chi connectivity index (χ1n) is 6.04. The van der Waals surface area contributed by atoms with Gasteiger partial charge in [-0.1, -0.05) is 23.7 Å². The monoisotopic (exact) mass is 290 g/mol. The zero-order chi connectivity index (χ0) is 14.5. The number of rotatable bonds is 4. The summed E-state index contributed by atoms with van der Waals surface area (Å²) in [5.74, 6) is -0.256. The van der Waals surface area contributed by atoms with E-state index in [-0.39, 0.29) is 5.91 Å². The Labute approximate surface area is 122 Å². The normalized spacial score (nSPS) is 10.3. The molecule has 2 aromatic rings. The van der Waals surface area contributed by atoms with Crippen molar-refractivity contribution in [3.05, 3.63) is 58.6 Å². The van der Waals surface area contributed by atoms with E-state index in [0.717, 1.165) is 5.56 Å². The number of nitrogen functional groups attached to an aromatic ring is 1. The first-order chi connectivity index (χ1) is 9.58. The van der Waals surface area contributed by atoms with E-state index in [2.05, 4.69) is 5.32 Å². The van der Waals surface area contributed by atoms with E-state index in [1.807, 2.05) is 24.3 Å². The van der Waals surface area contributed by atoms with Crippen molar-refractivity contribution in [2.45, 2.75) is 6.61 Å².